The molecule has 1 aromatic carbocycles. The van der Waals surface area contributed by atoms with Gasteiger partial charge in [0.2, 0.25) is 0 Å². The molecule has 0 saturated heterocycles. The van der Waals surface area contributed by atoms with Gasteiger partial charge in [0, 0.05) is 18.5 Å². The zero-order valence-corrected chi connectivity index (χ0v) is 13.3. The highest BCUT2D eigenvalue weighted by Gasteiger charge is 2.09. The maximum Gasteiger partial charge on any atom is 0.164 e. The largest absolute Gasteiger partial charge is 0.303 e. The normalized spacial score (nSPS) is 11.0. The molecular weight excluding hydrogens is 246 g/mol. The molecule has 20 heavy (non-hydrogen) atoms. The summed E-state index contributed by atoms with van der Waals surface area (Å²) in [5.41, 5.74) is 2.05. The van der Waals surface area contributed by atoms with Crippen LogP contribution >= 0.6 is 0 Å². The van der Waals surface area contributed by atoms with Crippen LogP contribution in [0.15, 0.2) is 24.3 Å². The van der Waals surface area contributed by atoms with E-state index in [9.17, 15) is 4.79 Å². The first-order valence-electron chi connectivity index (χ1n) is 7.99. The van der Waals surface area contributed by atoms with Crippen molar-refractivity contribution in [2.75, 3.05) is 19.6 Å². The van der Waals surface area contributed by atoms with Crippen molar-refractivity contribution in [2.45, 2.75) is 52.9 Å². The minimum absolute atomic E-state index is 0.267. The molecule has 0 fully saturated rings. The lowest BCUT2D eigenvalue weighted by Gasteiger charge is -2.21. The van der Waals surface area contributed by atoms with Crippen LogP contribution in [0.1, 0.15) is 61.9 Å². The highest BCUT2D eigenvalue weighted by atomic mass is 16.1. The Labute approximate surface area is 124 Å². The molecule has 0 saturated carbocycles. The van der Waals surface area contributed by atoms with Gasteiger partial charge in [0.05, 0.1) is 0 Å². The van der Waals surface area contributed by atoms with Gasteiger partial charge in [-0.1, -0.05) is 56.5 Å². The van der Waals surface area contributed by atoms with Gasteiger partial charge in [0.1, 0.15) is 0 Å². The number of carbonyl (C=O) groups excluding carboxylic acids is 1. The van der Waals surface area contributed by atoms with E-state index in [1.807, 2.05) is 31.2 Å². The van der Waals surface area contributed by atoms with Gasteiger partial charge in [-0.3, -0.25) is 4.79 Å². The van der Waals surface area contributed by atoms with Crippen LogP contribution < -0.4 is 0 Å². The Morgan fingerprint density at radius 3 is 2.00 bits per heavy atom. The molecule has 0 N–H and O–H groups in total. The van der Waals surface area contributed by atoms with E-state index in [0.29, 0.717) is 6.42 Å². The molecule has 0 aromatic heterocycles. The van der Waals surface area contributed by atoms with Crippen molar-refractivity contribution in [3.05, 3.63) is 35.4 Å². The summed E-state index contributed by atoms with van der Waals surface area (Å²) in [7, 11) is 0. The molecule has 0 atom stereocenters. The van der Waals surface area contributed by atoms with Crippen molar-refractivity contribution >= 4 is 5.78 Å². The third-order valence-electron chi connectivity index (χ3n) is 3.68. The number of ketones is 1. The highest BCUT2D eigenvalue weighted by Crippen LogP contribution is 2.08. The summed E-state index contributed by atoms with van der Waals surface area (Å²) in [4.78, 5) is 14.6. The van der Waals surface area contributed by atoms with Crippen LogP contribution in [0.25, 0.3) is 0 Å². The standard InChI is InChI=1S/C18H29NO/c1-4-6-13-19(14-7-5-2)15-12-18(20)17-10-8-16(3)9-11-17/h8-11H,4-7,12-15H2,1-3H3. The van der Waals surface area contributed by atoms with Crippen molar-refractivity contribution in [3.8, 4) is 0 Å². The first-order valence-corrected chi connectivity index (χ1v) is 7.99. The second kappa shape index (κ2) is 9.71. The fourth-order valence-electron chi connectivity index (χ4n) is 2.24. The van der Waals surface area contributed by atoms with Crippen LogP contribution in [0.5, 0.6) is 0 Å². The van der Waals surface area contributed by atoms with Gasteiger partial charge in [0.25, 0.3) is 0 Å². The molecule has 2 heteroatoms. The summed E-state index contributed by atoms with van der Waals surface area (Å²) < 4.78 is 0. The van der Waals surface area contributed by atoms with Gasteiger partial charge in [-0.15, -0.1) is 0 Å². The van der Waals surface area contributed by atoms with Crippen LogP contribution in [0, 0.1) is 6.92 Å². The Bertz CT molecular complexity index is 375. The van der Waals surface area contributed by atoms with Gasteiger partial charge in [0.15, 0.2) is 5.78 Å². The molecule has 0 aliphatic carbocycles. The Morgan fingerprint density at radius 1 is 0.950 bits per heavy atom. The molecule has 0 aliphatic heterocycles. The molecule has 0 heterocycles. The van der Waals surface area contributed by atoms with Crippen LogP contribution in [0.2, 0.25) is 0 Å². The third-order valence-corrected chi connectivity index (χ3v) is 3.68. The van der Waals surface area contributed by atoms with Crippen molar-refractivity contribution in [2.24, 2.45) is 0 Å². The smallest absolute Gasteiger partial charge is 0.164 e. The van der Waals surface area contributed by atoms with E-state index in [2.05, 4.69) is 18.7 Å². The molecule has 1 rings (SSSR count). The number of benzene rings is 1. The van der Waals surface area contributed by atoms with Crippen molar-refractivity contribution < 1.29 is 4.79 Å². The van der Waals surface area contributed by atoms with Crippen LogP contribution in [0.4, 0.5) is 0 Å². The Morgan fingerprint density at radius 2 is 1.50 bits per heavy atom. The SMILES string of the molecule is CCCCN(CCCC)CCC(=O)c1ccc(C)cc1. The molecule has 0 unspecified atom stereocenters. The average Bonchev–Trinajstić information content (AvgIpc) is 2.47. The number of hydrogen-bond donors (Lipinski definition) is 0. The van der Waals surface area contributed by atoms with E-state index in [4.69, 9.17) is 0 Å². The number of hydrogen-bond acceptors (Lipinski definition) is 2. The van der Waals surface area contributed by atoms with E-state index in [-0.39, 0.29) is 5.78 Å². The first-order chi connectivity index (χ1) is 9.67. The average molecular weight is 275 g/mol. The molecular formula is C18H29NO. The topological polar surface area (TPSA) is 20.3 Å². The minimum Gasteiger partial charge on any atom is -0.303 e. The maximum absolute atomic E-state index is 12.2. The zero-order chi connectivity index (χ0) is 14.8. The van der Waals surface area contributed by atoms with Crippen LogP contribution in [-0.4, -0.2) is 30.3 Å². The molecule has 0 spiro atoms. The molecule has 1 aromatic rings. The van der Waals surface area contributed by atoms with Crippen LogP contribution in [0.3, 0.4) is 0 Å². The molecule has 0 radical (unpaired) electrons. The zero-order valence-electron chi connectivity index (χ0n) is 13.3. The van der Waals surface area contributed by atoms with E-state index >= 15 is 0 Å². The Kier molecular flexibility index (Phi) is 8.20. The summed E-state index contributed by atoms with van der Waals surface area (Å²) in [6.07, 6.45) is 5.52. The monoisotopic (exact) mass is 275 g/mol. The van der Waals surface area contributed by atoms with Crippen LogP contribution in [-0.2, 0) is 0 Å². The van der Waals surface area contributed by atoms with Gasteiger partial charge < -0.3 is 4.90 Å². The Hall–Kier alpha value is -1.15. The lowest BCUT2D eigenvalue weighted by Crippen LogP contribution is -2.28. The van der Waals surface area contributed by atoms with E-state index in [0.717, 1.165) is 25.2 Å². The quantitative estimate of drug-likeness (QED) is 0.587. The lowest BCUT2D eigenvalue weighted by atomic mass is 10.1. The molecule has 0 aliphatic rings. The maximum atomic E-state index is 12.2. The molecule has 112 valence electrons. The van der Waals surface area contributed by atoms with E-state index in [1.54, 1.807) is 0 Å². The summed E-state index contributed by atoms with van der Waals surface area (Å²) in [5, 5.41) is 0. The summed E-state index contributed by atoms with van der Waals surface area (Å²) >= 11 is 0. The summed E-state index contributed by atoms with van der Waals surface area (Å²) in [6.45, 7) is 9.62. The summed E-state index contributed by atoms with van der Waals surface area (Å²) in [6, 6.07) is 7.92. The second-order valence-electron chi connectivity index (χ2n) is 5.59. The fraction of sp³-hybridized carbons (Fsp3) is 0.611. The van der Waals surface area contributed by atoms with Gasteiger partial charge in [-0.25, -0.2) is 0 Å². The first kappa shape index (κ1) is 16.9. The second-order valence-corrected chi connectivity index (χ2v) is 5.59. The highest BCUT2D eigenvalue weighted by molar-refractivity contribution is 5.96. The fourth-order valence-corrected chi connectivity index (χ4v) is 2.24. The van der Waals surface area contributed by atoms with Crippen molar-refractivity contribution in [1.82, 2.24) is 4.90 Å². The Balaban J connectivity index is 2.44. The summed E-state index contributed by atoms with van der Waals surface area (Å²) in [5.74, 6) is 0.267. The predicted molar refractivity (Wildman–Crippen MR) is 86.4 cm³/mol. The van der Waals surface area contributed by atoms with Gasteiger partial charge >= 0.3 is 0 Å². The molecule has 0 amide bonds. The third kappa shape index (κ3) is 6.33. The van der Waals surface area contributed by atoms with E-state index in [1.165, 1.54) is 31.2 Å². The number of Topliss-reactive ketones (excluding diaryl/α,β-unsaturated/α-hetero) is 1. The van der Waals surface area contributed by atoms with Gasteiger partial charge in [-0.05, 0) is 32.9 Å². The van der Waals surface area contributed by atoms with Gasteiger partial charge in [-0.2, -0.15) is 0 Å². The lowest BCUT2D eigenvalue weighted by molar-refractivity contribution is 0.0963. The number of aryl methyl sites for hydroxylation is 1. The minimum atomic E-state index is 0.267. The number of nitrogens with zero attached hydrogens (tertiary/aromatic N) is 1. The number of unbranched alkanes of at least 4 members (excludes halogenated alkanes) is 2. The van der Waals surface area contributed by atoms with Crippen molar-refractivity contribution in [3.63, 3.8) is 0 Å². The predicted octanol–water partition coefficient (Wildman–Crippen LogP) is 4.47. The molecule has 2 nitrogen and oxygen atoms in total. The number of carbonyl (C=O) groups is 1. The van der Waals surface area contributed by atoms with Crippen molar-refractivity contribution in [1.29, 1.82) is 0 Å². The number of rotatable bonds is 10. The van der Waals surface area contributed by atoms with E-state index < -0.39 is 0 Å². The molecule has 0 bridgehead atoms.